The number of thioether (sulfide) groups is 1. The number of hydrogen-bond donors (Lipinski definition) is 1. The van der Waals surface area contributed by atoms with Gasteiger partial charge in [-0.3, -0.25) is 4.79 Å². The monoisotopic (exact) mass is 195 g/mol. The van der Waals surface area contributed by atoms with Gasteiger partial charge in [-0.25, -0.2) is 0 Å². The fourth-order valence-corrected chi connectivity index (χ4v) is 1.66. The lowest BCUT2D eigenvalue weighted by Crippen LogP contribution is -2.15. The number of allylic oxidation sites excluding steroid dienone is 2. The van der Waals surface area contributed by atoms with Crippen LogP contribution in [0.4, 0.5) is 0 Å². The topological polar surface area (TPSA) is 29.1 Å². The molecule has 0 unspecified atom stereocenters. The van der Waals surface area contributed by atoms with Crippen molar-refractivity contribution in [2.75, 3.05) is 18.1 Å². The van der Waals surface area contributed by atoms with E-state index in [-0.39, 0.29) is 5.78 Å². The van der Waals surface area contributed by atoms with Crippen LogP contribution in [0.1, 0.15) is 12.8 Å². The number of carbonyl (C=O) groups excluding carboxylic acids is 1. The third-order valence-electron chi connectivity index (χ3n) is 1.76. The molecule has 0 atom stereocenters. The lowest BCUT2D eigenvalue weighted by molar-refractivity contribution is -0.114. The van der Waals surface area contributed by atoms with E-state index in [1.54, 1.807) is 17.8 Å². The molecule has 1 rings (SSSR count). The summed E-state index contributed by atoms with van der Waals surface area (Å²) in [4.78, 5) is 10.8. The lowest BCUT2D eigenvalue weighted by Gasteiger charge is -2.04. The first-order chi connectivity index (χ1) is 6.33. The Morgan fingerprint density at radius 1 is 1.62 bits per heavy atom. The van der Waals surface area contributed by atoms with E-state index in [0.29, 0.717) is 6.42 Å². The molecule has 0 fully saturated rings. The second kappa shape index (κ2) is 5.71. The molecule has 3 heteroatoms. The van der Waals surface area contributed by atoms with Crippen molar-refractivity contribution in [3.8, 4) is 12.3 Å². The van der Waals surface area contributed by atoms with Crippen LogP contribution < -0.4 is 5.32 Å². The van der Waals surface area contributed by atoms with Crippen LogP contribution >= 0.6 is 11.8 Å². The summed E-state index contributed by atoms with van der Waals surface area (Å²) in [6.45, 7) is 0.894. The normalized spacial score (nSPS) is 15.3. The number of ketones is 1. The SMILES string of the molecule is C#CCSCCNC1=CC(=O)CC1. The van der Waals surface area contributed by atoms with Gasteiger partial charge in [-0.05, 0) is 6.42 Å². The molecule has 0 aromatic carbocycles. The maximum atomic E-state index is 10.8. The molecule has 0 aliphatic heterocycles. The van der Waals surface area contributed by atoms with E-state index in [1.165, 1.54) is 0 Å². The van der Waals surface area contributed by atoms with Crippen LogP contribution in [0.25, 0.3) is 0 Å². The van der Waals surface area contributed by atoms with E-state index < -0.39 is 0 Å². The zero-order valence-corrected chi connectivity index (χ0v) is 8.32. The van der Waals surface area contributed by atoms with Gasteiger partial charge in [0.1, 0.15) is 0 Å². The second-order valence-corrected chi connectivity index (χ2v) is 3.92. The summed E-state index contributed by atoms with van der Waals surface area (Å²) in [5, 5.41) is 3.22. The number of carbonyl (C=O) groups is 1. The van der Waals surface area contributed by atoms with Crippen molar-refractivity contribution >= 4 is 17.5 Å². The highest BCUT2D eigenvalue weighted by Gasteiger charge is 2.10. The molecule has 0 amide bonds. The summed E-state index contributed by atoms with van der Waals surface area (Å²) in [6, 6.07) is 0. The maximum absolute atomic E-state index is 10.8. The molecule has 0 radical (unpaired) electrons. The summed E-state index contributed by atoms with van der Waals surface area (Å²) in [6.07, 6.45) is 8.34. The number of nitrogens with one attached hydrogen (secondary N) is 1. The fourth-order valence-electron chi connectivity index (χ4n) is 1.15. The first-order valence-corrected chi connectivity index (χ1v) is 5.47. The molecular formula is C10H13NOS. The van der Waals surface area contributed by atoms with Crippen molar-refractivity contribution in [1.29, 1.82) is 0 Å². The van der Waals surface area contributed by atoms with Gasteiger partial charge in [0.15, 0.2) is 5.78 Å². The zero-order valence-electron chi connectivity index (χ0n) is 7.51. The molecule has 13 heavy (non-hydrogen) atoms. The summed E-state index contributed by atoms with van der Waals surface area (Å²) in [7, 11) is 0. The van der Waals surface area contributed by atoms with Crippen molar-refractivity contribution in [2.24, 2.45) is 0 Å². The molecule has 0 saturated heterocycles. The lowest BCUT2D eigenvalue weighted by atomic mass is 10.3. The van der Waals surface area contributed by atoms with Gasteiger partial charge in [0, 0.05) is 30.5 Å². The summed E-state index contributed by atoms with van der Waals surface area (Å²) < 4.78 is 0. The fraction of sp³-hybridized carbons (Fsp3) is 0.500. The minimum atomic E-state index is 0.235. The first-order valence-electron chi connectivity index (χ1n) is 4.31. The number of terminal acetylenes is 1. The van der Waals surface area contributed by atoms with Crippen LogP contribution in [-0.4, -0.2) is 23.8 Å². The van der Waals surface area contributed by atoms with Crippen LogP contribution in [0.5, 0.6) is 0 Å². The molecular weight excluding hydrogens is 182 g/mol. The van der Waals surface area contributed by atoms with Crippen LogP contribution in [0.15, 0.2) is 11.8 Å². The zero-order chi connectivity index (χ0) is 9.52. The van der Waals surface area contributed by atoms with Crippen molar-refractivity contribution < 1.29 is 4.79 Å². The largest absolute Gasteiger partial charge is 0.387 e. The maximum Gasteiger partial charge on any atom is 0.157 e. The quantitative estimate of drug-likeness (QED) is 0.528. The third-order valence-corrected chi connectivity index (χ3v) is 2.62. The Balaban J connectivity index is 2.04. The molecule has 1 N–H and O–H groups in total. The van der Waals surface area contributed by atoms with Gasteiger partial charge in [0.05, 0.1) is 5.75 Å². The van der Waals surface area contributed by atoms with Gasteiger partial charge < -0.3 is 5.32 Å². The third kappa shape index (κ3) is 4.05. The predicted molar refractivity (Wildman–Crippen MR) is 56.5 cm³/mol. The average molecular weight is 195 g/mol. The highest BCUT2D eigenvalue weighted by atomic mass is 32.2. The van der Waals surface area contributed by atoms with E-state index in [1.807, 2.05) is 0 Å². The summed E-state index contributed by atoms with van der Waals surface area (Å²) in [5.41, 5.74) is 1.08. The minimum absolute atomic E-state index is 0.235. The molecule has 0 saturated carbocycles. The van der Waals surface area contributed by atoms with E-state index >= 15 is 0 Å². The average Bonchev–Trinajstić information content (AvgIpc) is 2.51. The molecule has 0 bridgehead atoms. The highest BCUT2D eigenvalue weighted by molar-refractivity contribution is 7.99. The van der Waals surface area contributed by atoms with Gasteiger partial charge in [-0.2, -0.15) is 0 Å². The predicted octanol–water partition coefficient (Wildman–Crippen LogP) is 1.19. The van der Waals surface area contributed by atoms with Crippen LogP contribution in [-0.2, 0) is 4.79 Å². The smallest absolute Gasteiger partial charge is 0.157 e. The summed E-state index contributed by atoms with van der Waals surface area (Å²) >= 11 is 1.73. The van der Waals surface area contributed by atoms with Crippen LogP contribution in [0, 0.1) is 12.3 Å². The Morgan fingerprint density at radius 3 is 3.08 bits per heavy atom. The van der Waals surface area contributed by atoms with Gasteiger partial charge >= 0.3 is 0 Å². The Bertz CT molecular complexity index is 252. The number of hydrogen-bond acceptors (Lipinski definition) is 3. The van der Waals surface area contributed by atoms with E-state index in [4.69, 9.17) is 6.42 Å². The Labute approximate surface area is 83.2 Å². The van der Waals surface area contributed by atoms with Crippen LogP contribution in [0.3, 0.4) is 0 Å². The molecule has 0 spiro atoms. The Kier molecular flexibility index (Phi) is 4.48. The van der Waals surface area contributed by atoms with Gasteiger partial charge in [0.2, 0.25) is 0 Å². The first kappa shape index (κ1) is 10.2. The summed E-state index contributed by atoms with van der Waals surface area (Å²) in [5.74, 6) is 4.56. The minimum Gasteiger partial charge on any atom is -0.387 e. The Morgan fingerprint density at radius 2 is 2.46 bits per heavy atom. The van der Waals surface area contributed by atoms with Crippen molar-refractivity contribution in [2.45, 2.75) is 12.8 Å². The van der Waals surface area contributed by atoms with Gasteiger partial charge in [-0.15, -0.1) is 18.2 Å². The molecule has 1 aliphatic rings. The second-order valence-electron chi connectivity index (χ2n) is 2.82. The molecule has 0 heterocycles. The standard InChI is InChI=1S/C10H13NOS/c1-2-6-13-7-5-11-9-3-4-10(12)8-9/h1,8,11H,3-7H2. The molecule has 2 nitrogen and oxygen atoms in total. The van der Waals surface area contributed by atoms with Crippen LogP contribution in [0.2, 0.25) is 0 Å². The number of rotatable bonds is 5. The molecule has 0 aromatic heterocycles. The van der Waals surface area contributed by atoms with Crippen molar-refractivity contribution in [3.05, 3.63) is 11.8 Å². The van der Waals surface area contributed by atoms with E-state index in [9.17, 15) is 4.79 Å². The van der Waals surface area contributed by atoms with Gasteiger partial charge in [-0.1, -0.05) is 5.92 Å². The van der Waals surface area contributed by atoms with Crippen molar-refractivity contribution in [3.63, 3.8) is 0 Å². The molecule has 0 aromatic rings. The molecule has 70 valence electrons. The highest BCUT2D eigenvalue weighted by Crippen LogP contribution is 2.11. The van der Waals surface area contributed by atoms with E-state index in [2.05, 4.69) is 11.2 Å². The van der Waals surface area contributed by atoms with Gasteiger partial charge in [0.25, 0.3) is 0 Å². The van der Waals surface area contributed by atoms with Crippen molar-refractivity contribution in [1.82, 2.24) is 5.32 Å². The Hall–Kier alpha value is -0.880. The molecule has 1 aliphatic carbocycles. The van der Waals surface area contributed by atoms with E-state index in [0.717, 1.165) is 30.2 Å².